The molecule has 0 aliphatic carbocycles. The second-order valence-electron chi connectivity index (χ2n) is 3.81. The third-order valence-electron chi connectivity index (χ3n) is 2.19. The van der Waals surface area contributed by atoms with Gasteiger partial charge < -0.3 is 15.5 Å². The first-order chi connectivity index (χ1) is 6.70. The van der Waals surface area contributed by atoms with Gasteiger partial charge in [-0.3, -0.25) is 0 Å². The maximum absolute atomic E-state index is 9.05. The highest BCUT2D eigenvalue weighted by atomic mass is 32.1. The summed E-state index contributed by atoms with van der Waals surface area (Å²) < 4.78 is 0. The van der Waals surface area contributed by atoms with Crippen molar-refractivity contribution in [3.63, 3.8) is 0 Å². The predicted molar refractivity (Wildman–Crippen MR) is 58.3 cm³/mol. The fraction of sp³-hybridized carbons (Fsp3) is 0.600. The summed E-state index contributed by atoms with van der Waals surface area (Å²) in [5.41, 5.74) is -0.419. The SMILES string of the molecule is CC(CO)(CO)CNCc1cccs1. The van der Waals surface area contributed by atoms with E-state index in [0.29, 0.717) is 6.54 Å². The van der Waals surface area contributed by atoms with E-state index in [1.54, 1.807) is 11.3 Å². The van der Waals surface area contributed by atoms with Crippen LogP contribution in [0.15, 0.2) is 17.5 Å². The minimum atomic E-state index is -0.419. The molecule has 0 aliphatic rings. The molecule has 0 saturated heterocycles. The second kappa shape index (κ2) is 5.46. The topological polar surface area (TPSA) is 52.5 Å². The Hall–Kier alpha value is -0.420. The fourth-order valence-corrected chi connectivity index (χ4v) is 1.74. The van der Waals surface area contributed by atoms with Crippen LogP contribution in [0.2, 0.25) is 0 Å². The maximum Gasteiger partial charge on any atom is 0.0518 e. The number of hydrogen-bond donors (Lipinski definition) is 3. The van der Waals surface area contributed by atoms with Crippen LogP contribution in [-0.2, 0) is 6.54 Å². The number of aliphatic hydroxyl groups excluding tert-OH is 2. The largest absolute Gasteiger partial charge is 0.396 e. The third-order valence-corrected chi connectivity index (χ3v) is 3.07. The van der Waals surface area contributed by atoms with Crippen LogP contribution in [0.25, 0.3) is 0 Å². The predicted octanol–water partition coefficient (Wildman–Crippen LogP) is 0.829. The lowest BCUT2D eigenvalue weighted by Crippen LogP contribution is -2.37. The van der Waals surface area contributed by atoms with Crippen molar-refractivity contribution in [3.8, 4) is 0 Å². The third kappa shape index (κ3) is 3.38. The lowest BCUT2D eigenvalue weighted by atomic mass is 9.93. The molecule has 1 heterocycles. The summed E-state index contributed by atoms with van der Waals surface area (Å²) >= 11 is 1.70. The standard InChI is InChI=1S/C10H17NO2S/c1-10(7-12,8-13)6-11-5-9-3-2-4-14-9/h2-4,11-13H,5-8H2,1H3. The van der Waals surface area contributed by atoms with Gasteiger partial charge in [-0.05, 0) is 11.4 Å². The number of thiophene rings is 1. The van der Waals surface area contributed by atoms with Crippen molar-refractivity contribution < 1.29 is 10.2 Å². The molecule has 0 atom stereocenters. The quantitative estimate of drug-likeness (QED) is 0.659. The molecule has 0 aromatic carbocycles. The molecule has 0 amide bonds. The van der Waals surface area contributed by atoms with Crippen LogP contribution in [0.5, 0.6) is 0 Å². The van der Waals surface area contributed by atoms with Gasteiger partial charge in [0.25, 0.3) is 0 Å². The van der Waals surface area contributed by atoms with Crippen molar-refractivity contribution in [2.24, 2.45) is 5.41 Å². The zero-order valence-corrected chi connectivity index (χ0v) is 9.18. The summed E-state index contributed by atoms with van der Waals surface area (Å²) in [7, 11) is 0. The fourth-order valence-electron chi connectivity index (χ4n) is 1.06. The normalized spacial score (nSPS) is 11.9. The molecule has 3 N–H and O–H groups in total. The van der Waals surface area contributed by atoms with Gasteiger partial charge in [-0.15, -0.1) is 11.3 Å². The minimum Gasteiger partial charge on any atom is -0.396 e. The summed E-state index contributed by atoms with van der Waals surface area (Å²) in [6.07, 6.45) is 0. The molecule has 0 saturated carbocycles. The average molecular weight is 215 g/mol. The second-order valence-corrected chi connectivity index (χ2v) is 4.84. The van der Waals surface area contributed by atoms with Gasteiger partial charge in [-0.25, -0.2) is 0 Å². The summed E-state index contributed by atoms with van der Waals surface area (Å²) in [6, 6.07) is 4.08. The lowest BCUT2D eigenvalue weighted by molar-refractivity contribution is 0.0696. The Balaban J connectivity index is 2.27. The van der Waals surface area contributed by atoms with Crippen LogP contribution in [0.3, 0.4) is 0 Å². The molecule has 0 bridgehead atoms. The number of nitrogens with one attached hydrogen (secondary N) is 1. The zero-order valence-electron chi connectivity index (χ0n) is 8.36. The number of hydrogen-bond acceptors (Lipinski definition) is 4. The molecule has 4 heteroatoms. The van der Waals surface area contributed by atoms with E-state index in [-0.39, 0.29) is 13.2 Å². The molecule has 1 aromatic rings. The molecular formula is C10H17NO2S. The average Bonchev–Trinajstić information content (AvgIpc) is 2.70. The summed E-state index contributed by atoms with van der Waals surface area (Å²) in [5.74, 6) is 0. The van der Waals surface area contributed by atoms with Gasteiger partial charge in [-0.2, -0.15) is 0 Å². The Bertz CT molecular complexity index is 245. The van der Waals surface area contributed by atoms with Crippen LogP contribution < -0.4 is 5.32 Å². The molecule has 0 spiro atoms. The van der Waals surface area contributed by atoms with Crippen LogP contribution in [0.4, 0.5) is 0 Å². The molecular weight excluding hydrogens is 198 g/mol. The first kappa shape index (κ1) is 11.7. The first-order valence-electron chi connectivity index (χ1n) is 4.65. The highest BCUT2D eigenvalue weighted by molar-refractivity contribution is 7.09. The van der Waals surface area contributed by atoms with Gasteiger partial charge in [0.2, 0.25) is 0 Å². The molecule has 1 rings (SSSR count). The summed E-state index contributed by atoms with van der Waals surface area (Å²) in [6.45, 7) is 3.28. The monoisotopic (exact) mass is 215 g/mol. The molecule has 3 nitrogen and oxygen atoms in total. The molecule has 80 valence electrons. The van der Waals surface area contributed by atoms with Gasteiger partial charge in [0, 0.05) is 23.4 Å². The molecule has 0 fully saturated rings. The number of rotatable bonds is 6. The maximum atomic E-state index is 9.05. The van der Waals surface area contributed by atoms with Gasteiger partial charge in [0.15, 0.2) is 0 Å². The van der Waals surface area contributed by atoms with Crippen molar-refractivity contribution in [2.75, 3.05) is 19.8 Å². The smallest absolute Gasteiger partial charge is 0.0518 e. The molecule has 0 aliphatic heterocycles. The highest BCUT2D eigenvalue weighted by Gasteiger charge is 2.21. The molecule has 0 unspecified atom stereocenters. The Morgan fingerprint density at radius 1 is 1.43 bits per heavy atom. The van der Waals surface area contributed by atoms with Crippen LogP contribution in [-0.4, -0.2) is 30.0 Å². The lowest BCUT2D eigenvalue weighted by Gasteiger charge is -2.24. The van der Waals surface area contributed by atoms with E-state index in [9.17, 15) is 0 Å². The van der Waals surface area contributed by atoms with Crippen LogP contribution in [0.1, 0.15) is 11.8 Å². The molecule has 1 aromatic heterocycles. The van der Waals surface area contributed by atoms with E-state index in [0.717, 1.165) is 6.54 Å². The van der Waals surface area contributed by atoms with Crippen molar-refractivity contribution in [3.05, 3.63) is 22.4 Å². The Morgan fingerprint density at radius 2 is 2.14 bits per heavy atom. The minimum absolute atomic E-state index is 0.000933. The van der Waals surface area contributed by atoms with Gasteiger partial charge >= 0.3 is 0 Å². The number of aliphatic hydroxyl groups is 2. The summed E-state index contributed by atoms with van der Waals surface area (Å²) in [4.78, 5) is 1.27. The molecule has 0 radical (unpaired) electrons. The molecule has 14 heavy (non-hydrogen) atoms. The van der Waals surface area contributed by atoms with Crippen molar-refractivity contribution in [2.45, 2.75) is 13.5 Å². The Kier molecular flexibility index (Phi) is 4.54. The van der Waals surface area contributed by atoms with E-state index in [4.69, 9.17) is 10.2 Å². The zero-order chi connectivity index (χ0) is 10.4. The van der Waals surface area contributed by atoms with E-state index >= 15 is 0 Å². The van der Waals surface area contributed by atoms with Crippen molar-refractivity contribution in [1.82, 2.24) is 5.32 Å². The van der Waals surface area contributed by atoms with E-state index in [2.05, 4.69) is 11.4 Å². The van der Waals surface area contributed by atoms with E-state index in [1.165, 1.54) is 4.88 Å². The summed E-state index contributed by atoms with van der Waals surface area (Å²) in [5, 5.41) is 23.3. The van der Waals surface area contributed by atoms with Gasteiger partial charge in [0.05, 0.1) is 13.2 Å². The van der Waals surface area contributed by atoms with Crippen LogP contribution >= 0.6 is 11.3 Å². The highest BCUT2D eigenvalue weighted by Crippen LogP contribution is 2.13. The van der Waals surface area contributed by atoms with E-state index < -0.39 is 5.41 Å². The van der Waals surface area contributed by atoms with Crippen LogP contribution in [0, 0.1) is 5.41 Å². The van der Waals surface area contributed by atoms with E-state index in [1.807, 2.05) is 18.4 Å². The van der Waals surface area contributed by atoms with Crippen molar-refractivity contribution >= 4 is 11.3 Å². The first-order valence-corrected chi connectivity index (χ1v) is 5.53. The van der Waals surface area contributed by atoms with Gasteiger partial charge in [0.1, 0.15) is 0 Å². The van der Waals surface area contributed by atoms with Gasteiger partial charge in [-0.1, -0.05) is 13.0 Å². The van der Waals surface area contributed by atoms with Crippen molar-refractivity contribution in [1.29, 1.82) is 0 Å². The Labute approximate surface area is 88.4 Å². The Morgan fingerprint density at radius 3 is 2.64 bits per heavy atom.